The van der Waals surface area contributed by atoms with Gasteiger partial charge in [-0.2, -0.15) is 0 Å². The van der Waals surface area contributed by atoms with Crippen molar-refractivity contribution in [2.24, 2.45) is 0 Å². The van der Waals surface area contributed by atoms with Gasteiger partial charge in [0.25, 0.3) is 5.69 Å². The fourth-order valence-corrected chi connectivity index (χ4v) is 1.05. The van der Waals surface area contributed by atoms with E-state index in [0.717, 1.165) is 24.3 Å². The maximum atomic E-state index is 11.4. The summed E-state index contributed by atoms with van der Waals surface area (Å²) in [7, 11) is 0. The van der Waals surface area contributed by atoms with Crippen LogP contribution in [0, 0.1) is 10.1 Å². The van der Waals surface area contributed by atoms with E-state index in [4.69, 9.17) is 5.11 Å². The van der Waals surface area contributed by atoms with Crippen LogP contribution in [0.15, 0.2) is 30.4 Å². The number of anilines is 1. The van der Waals surface area contributed by atoms with Crippen LogP contribution in [0.5, 0.6) is 5.75 Å². The minimum absolute atomic E-state index is 0.166. The second kappa shape index (κ2) is 5.43. The highest BCUT2D eigenvalue weighted by atomic mass is 16.6. The minimum Gasteiger partial charge on any atom is -0.871 e. The van der Waals surface area contributed by atoms with Crippen molar-refractivity contribution in [3.8, 4) is 5.75 Å². The number of carboxylic acid groups (broad SMARTS) is 1. The van der Waals surface area contributed by atoms with Crippen LogP contribution in [0.1, 0.15) is 0 Å². The Bertz CT molecular complexity index is 537. The van der Waals surface area contributed by atoms with Gasteiger partial charge >= 0.3 is 5.97 Å². The molecule has 8 heteroatoms. The summed E-state index contributed by atoms with van der Waals surface area (Å²) < 4.78 is 0. The molecule has 0 spiro atoms. The van der Waals surface area contributed by atoms with Crippen LogP contribution >= 0.6 is 0 Å². The number of non-ortho nitro benzene ring substituents is 1. The Morgan fingerprint density at radius 2 is 2.00 bits per heavy atom. The topological polar surface area (TPSA) is 133 Å². The first-order valence-corrected chi connectivity index (χ1v) is 4.57. The van der Waals surface area contributed by atoms with E-state index in [1.54, 1.807) is 0 Å². The SMILES string of the molecule is O=C(O)/C=C/C(=O)Nc1ccc([N+](=O)[O-])cc1[O-]. The zero-order chi connectivity index (χ0) is 13.7. The maximum Gasteiger partial charge on any atom is 0.328 e. The highest BCUT2D eigenvalue weighted by molar-refractivity contribution is 6.03. The van der Waals surface area contributed by atoms with Gasteiger partial charge in [-0.15, -0.1) is 0 Å². The molecule has 2 N–H and O–H groups in total. The third-order valence-electron chi connectivity index (χ3n) is 1.81. The van der Waals surface area contributed by atoms with Crippen molar-refractivity contribution in [3.05, 3.63) is 40.5 Å². The smallest absolute Gasteiger partial charge is 0.328 e. The fourth-order valence-electron chi connectivity index (χ4n) is 1.05. The van der Waals surface area contributed by atoms with Gasteiger partial charge in [0, 0.05) is 30.0 Å². The summed E-state index contributed by atoms with van der Waals surface area (Å²) in [5.41, 5.74) is -0.556. The van der Waals surface area contributed by atoms with Crippen molar-refractivity contribution < 1.29 is 24.7 Å². The average Bonchev–Trinajstić information content (AvgIpc) is 2.29. The number of nitro groups is 1. The average molecular weight is 251 g/mol. The van der Waals surface area contributed by atoms with Gasteiger partial charge < -0.3 is 15.5 Å². The molecule has 8 nitrogen and oxygen atoms in total. The molecular weight excluding hydrogens is 244 g/mol. The molecule has 0 aliphatic carbocycles. The predicted octanol–water partition coefficient (Wildman–Crippen LogP) is 0.248. The van der Waals surface area contributed by atoms with Crippen molar-refractivity contribution in [3.63, 3.8) is 0 Å². The Morgan fingerprint density at radius 1 is 1.33 bits per heavy atom. The largest absolute Gasteiger partial charge is 0.871 e. The molecule has 18 heavy (non-hydrogen) atoms. The first-order chi connectivity index (χ1) is 8.40. The number of nitrogens with one attached hydrogen (secondary N) is 1. The van der Waals surface area contributed by atoms with Gasteiger partial charge in [-0.25, -0.2) is 4.79 Å². The quantitative estimate of drug-likeness (QED) is 0.447. The molecule has 0 heterocycles. The Labute approximate surface area is 100 Å². The molecule has 0 aromatic heterocycles. The van der Waals surface area contributed by atoms with Gasteiger partial charge in [-0.3, -0.25) is 14.9 Å². The van der Waals surface area contributed by atoms with Crippen LogP contribution in [-0.2, 0) is 9.59 Å². The lowest BCUT2D eigenvalue weighted by Crippen LogP contribution is -2.11. The number of nitrogens with zero attached hydrogens (tertiary/aromatic N) is 1. The third-order valence-corrected chi connectivity index (χ3v) is 1.81. The zero-order valence-corrected chi connectivity index (χ0v) is 8.82. The normalized spacial score (nSPS) is 10.2. The molecule has 0 atom stereocenters. The molecule has 0 unspecified atom stereocenters. The number of rotatable bonds is 4. The van der Waals surface area contributed by atoms with Crippen molar-refractivity contribution >= 4 is 23.3 Å². The minimum atomic E-state index is -1.31. The Hall–Kier alpha value is -2.90. The second-order valence-corrected chi connectivity index (χ2v) is 3.10. The van der Waals surface area contributed by atoms with Gasteiger partial charge in [0.2, 0.25) is 5.91 Å². The number of hydrogen-bond acceptors (Lipinski definition) is 5. The van der Waals surface area contributed by atoms with E-state index in [-0.39, 0.29) is 11.4 Å². The van der Waals surface area contributed by atoms with Crippen molar-refractivity contribution in [2.45, 2.75) is 0 Å². The summed E-state index contributed by atoms with van der Waals surface area (Å²) in [5.74, 6) is -2.86. The number of amides is 1. The maximum absolute atomic E-state index is 11.4. The lowest BCUT2D eigenvalue weighted by Gasteiger charge is -2.12. The fraction of sp³-hybridized carbons (Fsp3) is 0. The Morgan fingerprint density at radius 3 is 2.50 bits per heavy atom. The number of benzene rings is 1. The molecule has 94 valence electrons. The highest BCUT2D eigenvalue weighted by Gasteiger charge is 2.06. The number of hydrogen-bond donors (Lipinski definition) is 2. The summed E-state index contributed by atoms with van der Waals surface area (Å²) in [5, 5.41) is 32.1. The number of carbonyl (C=O) groups excluding carboxylic acids is 1. The molecule has 1 aromatic rings. The lowest BCUT2D eigenvalue weighted by atomic mass is 10.2. The van der Waals surface area contributed by atoms with E-state index < -0.39 is 22.5 Å². The van der Waals surface area contributed by atoms with E-state index in [2.05, 4.69) is 5.32 Å². The molecule has 0 bridgehead atoms. The van der Waals surface area contributed by atoms with Crippen LogP contribution in [0.3, 0.4) is 0 Å². The monoisotopic (exact) mass is 251 g/mol. The van der Waals surface area contributed by atoms with E-state index >= 15 is 0 Å². The van der Waals surface area contributed by atoms with Crippen LogP contribution in [0.2, 0.25) is 0 Å². The van der Waals surface area contributed by atoms with Crippen LogP contribution in [0.4, 0.5) is 11.4 Å². The molecular formula is C10H7N2O6-. The second-order valence-electron chi connectivity index (χ2n) is 3.10. The number of aliphatic carboxylic acids is 1. The summed E-state index contributed by atoms with van der Waals surface area (Å²) >= 11 is 0. The third kappa shape index (κ3) is 3.59. The van der Waals surface area contributed by atoms with Gasteiger partial charge in [0.15, 0.2) is 0 Å². The van der Waals surface area contributed by atoms with Crippen LogP contribution < -0.4 is 10.4 Å². The van der Waals surface area contributed by atoms with Crippen LogP contribution in [0.25, 0.3) is 0 Å². The molecule has 0 saturated heterocycles. The van der Waals surface area contributed by atoms with E-state index in [9.17, 15) is 24.8 Å². The van der Waals surface area contributed by atoms with E-state index in [1.807, 2.05) is 0 Å². The van der Waals surface area contributed by atoms with Gasteiger partial charge in [0.1, 0.15) is 0 Å². The molecule has 0 radical (unpaired) electrons. The predicted molar refractivity (Wildman–Crippen MR) is 57.9 cm³/mol. The van der Waals surface area contributed by atoms with Crippen LogP contribution in [-0.4, -0.2) is 21.9 Å². The Kier molecular flexibility index (Phi) is 3.98. The molecule has 0 aliphatic heterocycles. The standard InChI is InChI=1S/C10H8N2O6/c13-8-5-6(12(17)18)1-2-7(8)11-9(14)3-4-10(15)16/h1-5,13H,(H,11,14)(H,15,16)/p-1/b4-3+. The van der Waals surface area contributed by atoms with Gasteiger partial charge in [-0.1, -0.05) is 5.75 Å². The van der Waals surface area contributed by atoms with E-state index in [0.29, 0.717) is 6.08 Å². The molecule has 1 amide bonds. The molecule has 0 fully saturated rings. The lowest BCUT2D eigenvalue weighted by molar-refractivity contribution is -0.385. The summed E-state index contributed by atoms with van der Waals surface area (Å²) in [6.45, 7) is 0. The number of carboxylic acids is 1. The Balaban J connectivity index is 2.83. The summed E-state index contributed by atoms with van der Waals surface area (Å²) in [6.07, 6.45) is 1.33. The van der Waals surface area contributed by atoms with Crippen molar-refractivity contribution in [1.29, 1.82) is 0 Å². The van der Waals surface area contributed by atoms with Crippen molar-refractivity contribution in [2.75, 3.05) is 5.32 Å². The summed E-state index contributed by atoms with van der Waals surface area (Å²) in [6, 6.07) is 2.89. The number of carbonyl (C=O) groups is 2. The molecule has 0 saturated carbocycles. The first kappa shape index (κ1) is 13.2. The summed E-state index contributed by atoms with van der Waals surface area (Å²) in [4.78, 5) is 30.9. The highest BCUT2D eigenvalue weighted by Crippen LogP contribution is 2.25. The molecule has 0 aliphatic rings. The molecule has 1 aromatic carbocycles. The van der Waals surface area contributed by atoms with Crippen molar-refractivity contribution in [1.82, 2.24) is 0 Å². The van der Waals surface area contributed by atoms with E-state index in [1.165, 1.54) is 0 Å². The number of nitro benzene ring substituents is 1. The first-order valence-electron chi connectivity index (χ1n) is 4.57. The molecule has 1 rings (SSSR count). The van der Waals surface area contributed by atoms with Gasteiger partial charge in [-0.05, 0) is 6.07 Å². The zero-order valence-electron chi connectivity index (χ0n) is 8.82. The van der Waals surface area contributed by atoms with Gasteiger partial charge in [0.05, 0.1) is 4.92 Å².